The molecule has 74 valence electrons. The van der Waals surface area contributed by atoms with E-state index in [0.29, 0.717) is 0 Å². The average molecular weight is 262 g/mol. The highest BCUT2D eigenvalue weighted by atomic mass is 79.9. The fourth-order valence-corrected chi connectivity index (χ4v) is 2.67. The molecule has 0 aliphatic carbocycles. The van der Waals surface area contributed by atoms with Gasteiger partial charge in [0.2, 0.25) is 0 Å². The highest BCUT2D eigenvalue weighted by molar-refractivity contribution is 9.10. The summed E-state index contributed by atoms with van der Waals surface area (Å²) < 4.78 is 1.22. The van der Waals surface area contributed by atoms with Gasteiger partial charge >= 0.3 is 0 Å². The molecule has 0 amide bonds. The molecule has 1 rings (SSSR count). The second-order valence-corrected chi connectivity index (χ2v) is 5.00. The van der Waals surface area contributed by atoms with Gasteiger partial charge in [0.25, 0.3) is 0 Å². The Morgan fingerprint density at radius 1 is 1.46 bits per heavy atom. The summed E-state index contributed by atoms with van der Waals surface area (Å²) in [6.45, 7) is 4.49. The molecule has 3 heteroatoms. The molecule has 1 aromatic rings. The van der Waals surface area contributed by atoms with Gasteiger partial charge in [-0.25, -0.2) is 0 Å². The van der Waals surface area contributed by atoms with Crippen LogP contribution in [0, 0.1) is 0 Å². The summed E-state index contributed by atoms with van der Waals surface area (Å²) in [4.78, 5) is 1.48. The monoisotopic (exact) mass is 261 g/mol. The molecule has 1 heterocycles. The van der Waals surface area contributed by atoms with Crippen molar-refractivity contribution in [3.8, 4) is 0 Å². The van der Waals surface area contributed by atoms with Crippen molar-refractivity contribution in [2.45, 2.75) is 26.2 Å². The van der Waals surface area contributed by atoms with E-state index in [1.807, 2.05) is 11.3 Å². The van der Waals surface area contributed by atoms with Gasteiger partial charge in [-0.15, -0.1) is 11.3 Å². The number of nitrogens with one attached hydrogen (secondary N) is 1. The maximum absolute atomic E-state index is 3.46. The molecule has 1 N–H and O–H groups in total. The molecule has 0 saturated heterocycles. The van der Waals surface area contributed by atoms with Crippen LogP contribution in [-0.2, 0) is 6.42 Å². The number of rotatable bonds is 6. The molecule has 0 aliphatic rings. The Labute approximate surface area is 92.7 Å². The summed E-state index contributed by atoms with van der Waals surface area (Å²) in [6, 6.07) is 2.21. The molecule has 0 aromatic carbocycles. The van der Waals surface area contributed by atoms with Gasteiger partial charge in [0.05, 0.1) is 0 Å². The van der Waals surface area contributed by atoms with Crippen molar-refractivity contribution in [1.29, 1.82) is 0 Å². The quantitative estimate of drug-likeness (QED) is 0.774. The third-order valence-electron chi connectivity index (χ3n) is 1.83. The predicted molar refractivity (Wildman–Crippen MR) is 63.5 cm³/mol. The van der Waals surface area contributed by atoms with Crippen molar-refractivity contribution < 1.29 is 0 Å². The van der Waals surface area contributed by atoms with Crippen LogP contribution in [0.3, 0.4) is 0 Å². The standard InChI is InChI=1S/C10H16BrNS/c1-2-5-12-6-3-4-10-7-9(11)8-13-10/h7-8,12H,2-6H2,1H3. The highest BCUT2D eigenvalue weighted by Gasteiger charge is 1.96. The molecule has 1 aromatic heterocycles. The van der Waals surface area contributed by atoms with Crippen molar-refractivity contribution in [2.75, 3.05) is 13.1 Å². The summed E-state index contributed by atoms with van der Waals surface area (Å²) in [7, 11) is 0. The Bertz CT molecular complexity index is 235. The molecule has 0 bridgehead atoms. The van der Waals surface area contributed by atoms with E-state index in [1.54, 1.807) is 0 Å². The second kappa shape index (κ2) is 6.57. The van der Waals surface area contributed by atoms with E-state index in [2.05, 4.69) is 39.6 Å². The number of halogens is 1. The molecule has 13 heavy (non-hydrogen) atoms. The van der Waals surface area contributed by atoms with E-state index < -0.39 is 0 Å². The Hall–Kier alpha value is 0.140. The van der Waals surface area contributed by atoms with Crippen molar-refractivity contribution in [3.63, 3.8) is 0 Å². The minimum Gasteiger partial charge on any atom is -0.317 e. The van der Waals surface area contributed by atoms with Gasteiger partial charge in [0.15, 0.2) is 0 Å². The zero-order valence-electron chi connectivity index (χ0n) is 7.98. The van der Waals surface area contributed by atoms with Crippen LogP contribution in [0.15, 0.2) is 15.9 Å². The molecule has 0 atom stereocenters. The van der Waals surface area contributed by atoms with E-state index in [1.165, 1.54) is 28.6 Å². The summed E-state index contributed by atoms with van der Waals surface area (Å²) >= 11 is 5.30. The molecular formula is C10H16BrNS. The summed E-state index contributed by atoms with van der Waals surface area (Å²) in [6.07, 6.45) is 3.67. The predicted octanol–water partition coefficient (Wildman–Crippen LogP) is 3.44. The molecule has 0 unspecified atom stereocenters. The maximum atomic E-state index is 3.46. The van der Waals surface area contributed by atoms with E-state index >= 15 is 0 Å². The van der Waals surface area contributed by atoms with Crippen LogP contribution in [0.2, 0.25) is 0 Å². The van der Waals surface area contributed by atoms with Crippen LogP contribution in [0.1, 0.15) is 24.6 Å². The molecule has 0 fully saturated rings. The van der Waals surface area contributed by atoms with Gasteiger partial charge in [0.1, 0.15) is 0 Å². The van der Waals surface area contributed by atoms with Gasteiger partial charge in [-0.2, -0.15) is 0 Å². The lowest BCUT2D eigenvalue weighted by Gasteiger charge is -2.00. The van der Waals surface area contributed by atoms with Crippen LogP contribution in [0.5, 0.6) is 0 Å². The fourth-order valence-electron chi connectivity index (χ4n) is 1.17. The number of aryl methyl sites for hydroxylation is 1. The average Bonchev–Trinajstić information content (AvgIpc) is 2.51. The number of thiophene rings is 1. The van der Waals surface area contributed by atoms with Crippen LogP contribution < -0.4 is 5.32 Å². The Balaban J connectivity index is 2.06. The lowest BCUT2D eigenvalue weighted by Crippen LogP contribution is -2.16. The first kappa shape index (κ1) is 11.2. The number of hydrogen-bond donors (Lipinski definition) is 1. The van der Waals surface area contributed by atoms with Gasteiger partial charge in [0, 0.05) is 14.7 Å². The van der Waals surface area contributed by atoms with E-state index in [-0.39, 0.29) is 0 Å². The van der Waals surface area contributed by atoms with Crippen molar-refractivity contribution in [1.82, 2.24) is 5.32 Å². The molecule has 1 nitrogen and oxygen atoms in total. The molecule has 0 aliphatic heterocycles. The highest BCUT2D eigenvalue weighted by Crippen LogP contribution is 2.20. The van der Waals surface area contributed by atoms with Crippen molar-refractivity contribution >= 4 is 27.3 Å². The third-order valence-corrected chi connectivity index (χ3v) is 3.58. The minimum atomic E-state index is 1.14. The van der Waals surface area contributed by atoms with Crippen molar-refractivity contribution in [3.05, 3.63) is 20.8 Å². The summed E-state index contributed by atoms with van der Waals surface area (Å²) in [5, 5.41) is 5.55. The first-order chi connectivity index (χ1) is 6.33. The Morgan fingerprint density at radius 3 is 2.92 bits per heavy atom. The maximum Gasteiger partial charge on any atom is 0.0285 e. The normalized spacial score (nSPS) is 10.6. The fraction of sp³-hybridized carbons (Fsp3) is 0.600. The SMILES string of the molecule is CCCNCCCc1cc(Br)cs1. The smallest absolute Gasteiger partial charge is 0.0285 e. The Morgan fingerprint density at radius 2 is 2.31 bits per heavy atom. The minimum absolute atomic E-state index is 1.14. The zero-order valence-corrected chi connectivity index (χ0v) is 10.4. The van der Waals surface area contributed by atoms with Crippen molar-refractivity contribution in [2.24, 2.45) is 0 Å². The molecule has 0 saturated carbocycles. The van der Waals surface area contributed by atoms with Gasteiger partial charge < -0.3 is 5.32 Å². The van der Waals surface area contributed by atoms with Gasteiger partial charge in [-0.3, -0.25) is 0 Å². The lowest BCUT2D eigenvalue weighted by molar-refractivity contribution is 0.642. The van der Waals surface area contributed by atoms with Crippen LogP contribution in [0.25, 0.3) is 0 Å². The van der Waals surface area contributed by atoms with Gasteiger partial charge in [-0.1, -0.05) is 6.92 Å². The zero-order chi connectivity index (χ0) is 9.52. The first-order valence-corrected chi connectivity index (χ1v) is 6.44. The molecule has 0 spiro atoms. The van der Waals surface area contributed by atoms with E-state index in [9.17, 15) is 0 Å². The Kier molecular flexibility index (Phi) is 5.67. The third kappa shape index (κ3) is 4.79. The molecule has 0 radical (unpaired) electrons. The van der Waals surface area contributed by atoms with Crippen LogP contribution >= 0.6 is 27.3 Å². The summed E-state index contributed by atoms with van der Waals surface area (Å²) in [5.74, 6) is 0. The molecular weight excluding hydrogens is 246 g/mol. The number of hydrogen-bond acceptors (Lipinski definition) is 2. The van der Waals surface area contributed by atoms with Crippen LogP contribution in [0.4, 0.5) is 0 Å². The van der Waals surface area contributed by atoms with Crippen LogP contribution in [-0.4, -0.2) is 13.1 Å². The summed E-state index contributed by atoms with van der Waals surface area (Å²) in [5.41, 5.74) is 0. The largest absolute Gasteiger partial charge is 0.317 e. The van der Waals surface area contributed by atoms with E-state index in [0.717, 1.165) is 13.1 Å². The first-order valence-electron chi connectivity index (χ1n) is 4.76. The van der Waals surface area contributed by atoms with E-state index in [4.69, 9.17) is 0 Å². The lowest BCUT2D eigenvalue weighted by atomic mass is 10.2. The van der Waals surface area contributed by atoms with Gasteiger partial charge in [-0.05, 0) is 54.3 Å². The topological polar surface area (TPSA) is 12.0 Å². The second-order valence-electron chi connectivity index (χ2n) is 3.08.